The lowest BCUT2D eigenvalue weighted by molar-refractivity contribution is 0.0709. The molecule has 0 atom stereocenters. The van der Waals surface area contributed by atoms with E-state index in [0.717, 1.165) is 46.3 Å². The van der Waals surface area contributed by atoms with Crippen LogP contribution in [0.2, 0.25) is 5.02 Å². The van der Waals surface area contributed by atoms with Gasteiger partial charge in [-0.25, -0.2) is 4.98 Å². The maximum atomic E-state index is 12.6. The summed E-state index contributed by atoms with van der Waals surface area (Å²) in [5.41, 5.74) is 1.63. The third-order valence-corrected chi connectivity index (χ3v) is 6.21. The molecule has 136 valence electrons. The number of amides is 1. The van der Waals surface area contributed by atoms with Crippen LogP contribution < -0.4 is 4.90 Å². The van der Waals surface area contributed by atoms with Gasteiger partial charge in [-0.15, -0.1) is 0 Å². The van der Waals surface area contributed by atoms with Gasteiger partial charge < -0.3 is 9.80 Å². The maximum Gasteiger partial charge on any atom is 0.257 e. The number of nitrogens with zero attached hydrogens (tertiary/aromatic N) is 5. The van der Waals surface area contributed by atoms with Crippen molar-refractivity contribution in [3.05, 3.63) is 41.2 Å². The van der Waals surface area contributed by atoms with Gasteiger partial charge in [-0.2, -0.15) is 5.10 Å². The first kappa shape index (κ1) is 17.3. The number of benzene rings is 1. The Balaban J connectivity index is 1.42. The van der Waals surface area contributed by atoms with Crippen LogP contribution in [0.25, 0.3) is 10.2 Å². The van der Waals surface area contributed by atoms with Gasteiger partial charge in [0.05, 0.1) is 22.0 Å². The monoisotopic (exact) mass is 389 g/mol. The van der Waals surface area contributed by atoms with Crippen molar-refractivity contribution in [1.82, 2.24) is 19.7 Å². The average Bonchev–Trinajstić information content (AvgIpc) is 3.26. The van der Waals surface area contributed by atoms with E-state index in [-0.39, 0.29) is 11.9 Å². The van der Waals surface area contributed by atoms with Crippen molar-refractivity contribution in [3.63, 3.8) is 0 Å². The topological polar surface area (TPSA) is 54.3 Å². The quantitative estimate of drug-likeness (QED) is 0.688. The molecular formula is C18H20ClN5OS. The zero-order chi connectivity index (χ0) is 18.3. The van der Waals surface area contributed by atoms with Gasteiger partial charge in [0, 0.05) is 44.4 Å². The number of carbonyl (C=O) groups is 1. The lowest BCUT2D eigenvalue weighted by atomic mass is 10.0. The number of hydrogen-bond acceptors (Lipinski definition) is 5. The first-order valence-corrected chi connectivity index (χ1v) is 9.77. The molecule has 8 heteroatoms. The molecular weight excluding hydrogens is 370 g/mol. The van der Waals surface area contributed by atoms with Crippen molar-refractivity contribution < 1.29 is 4.79 Å². The van der Waals surface area contributed by atoms with Crippen molar-refractivity contribution in [1.29, 1.82) is 0 Å². The highest BCUT2D eigenvalue weighted by Gasteiger charge is 2.27. The molecule has 0 saturated carbocycles. The molecule has 0 unspecified atom stereocenters. The Bertz CT molecular complexity index is 944. The lowest BCUT2D eigenvalue weighted by Crippen LogP contribution is -2.45. The minimum Gasteiger partial charge on any atom is -0.348 e. The van der Waals surface area contributed by atoms with E-state index in [9.17, 15) is 4.79 Å². The summed E-state index contributed by atoms with van der Waals surface area (Å²) >= 11 is 7.74. The molecule has 1 amide bonds. The second-order valence-electron chi connectivity index (χ2n) is 6.65. The SMILES string of the molecule is CN(C(=O)c1cnn(C)c1)C1CCN(c2nc3ccc(Cl)cc3s2)CC1. The minimum atomic E-state index is 0.0335. The normalized spacial score (nSPS) is 15.6. The van der Waals surface area contributed by atoms with E-state index in [0.29, 0.717) is 5.56 Å². The fraction of sp³-hybridized carbons (Fsp3) is 0.389. The molecule has 1 aromatic carbocycles. The molecule has 0 aliphatic carbocycles. The van der Waals surface area contributed by atoms with E-state index in [4.69, 9.17) is 16.6 Å². The Labute approximate surface area is 161 Å². The van der Waals surface area contributed by atoms with Crippen molar-refractivity contribution >= 4 is 44.2 Å². The Hall–Kier alpha value is -2.12. The van der Waals surface area contributed by atoms with Crippen molar-refractivity contribution in [3.8, 4) is 0 Å². The van der Waals surface area contributed by atoms with Crippen LogP contribution in [0.4, 0.5) is 5.13 Å². The Morgan fingerprint density at radius 2 is 2.12 bits per heavy atom. The number of aryl methyl sites for hydroxylation is 1. The molecule has 4 rings (SSSR count). The third-order valence-electron chi connectivity index (χ3n) is 4.89. The Morgan fingerprint density at radius 1 is 1.35 bits per heavy atom. The van der Waals surface area contributed by atoms with Gasteiger partial charge in [0.1, 0.15) is 0 Å². The highest BCUT2D eigenvalue weighted by molar-refractivity contribution is 7.22. The minimum absolute atomic E-state index is 0.0335. The average molecular weight is 390 g/mol. The molecule has 6 nitrogen and oxygen atoms in total. The number of hydrogen-bond donors (Lipinski definition) is 0. The van der Waals surface area contributed by atoms with Gasteiger partial charge in [0.15, 0.2) is 5.13 Å². The number of rotatable bonds is 3. The van der Waals surface area contributed by atoms with Crippen LogP contribution in [0.3, 0.4) is 0 Å². The summed E-state index contributed by atoms with van der Waals surface area (Å²) in [6, 6.07) is 6.04. The molecule has 0 radical (unpaired) electrons. The second-order valence-corrected chi connectivity index (χ2v) is 8.09. The van der Waals surface area contributed by atoms with E-state index in [2.05, 4.69) is 10.00 Å². The van der Waals surface area contributed by atoms with Gasteiger partial charge in [-0.05, 0) is 31.0 Å². The largest absolute Gasteiger partial charge is 0.348 e. The van der Waals surface area contributed by atoms with Crippen LogP contribution in [-0.4, -0.2) is 51.8 Å². The summed E-state index contributed by atoms with van der Waals surface area (Å²) in [5.74, 6) is 0.0335. The molecule has 3 heterocycles. The van der Waals surface area contributed by atoms with E-state index in [1.54, 1.807) is 28.4 Å². The summed E-state index contributed by atoms with van der Waals surface area (Å²) in [4.78, 5) is 21.5. The molecule has 2 aromatic heterocycles. The van der Waals surface area contributed by atoms with Crippen LogP contribution >= 0.6 is 22.9 Å². The van der Waals surface area contributed by atoms with E-state index in [1.807, 2.05) is 37.2 Å². The number of carbonyl (C=O) groups excluding carboxylic acids is 1. The summed E-state index contributed by atoms with van der Waals surface area (Å²) in [5, 5.41) is 5.86. The van der Waals surface area contributed by atoms with E-state index >= 15 is 0 Å². The number of anilines is 1. The molecule has 1 saturated heterocycles. The number of piperidine rings is 1. The van der Waals surface area contributed by atoms with Crippen LogP contribution in [0.1, 0.15) is 23.2 Å². The van der Waals surface area contributed by atoms with Crippen molar-refractivity contribution in [2.75, 3.05) is 25.0 Å². The van der Waals surface area contributed by atoms with E-state index in [1.165, 1.54) is 0 Å². The highest BCUT2D eigenvalue weighted by atomic mass is 35.5. The molecule has 3 aromatic rings. The first-order chi connectivity index (χ1) is 12.5. The fourth-order valence-corrected chi connectivity index (χ4v) is 4.66. The molecule has 1 fully saturated rings. The summed E-state index contributed by atoms with van der Waals surface area (Å²) in [6.45, 7) is 1.78. The van der Waals surface area contributed by atoms with Crippen LogP contribution in [0, 0.1) is 0 Å². The Kier molecular flexibility index (Phi) is 4.58. The molecule has 0 bridgehead atoms. The maximum absolute atomic E-state index is 12.6. The predicted molar refractivity (Wildman–Crippen MR) is 105 cm³/mol. The van der Waals surface area contributed by atoms with Gasteiger partial charge >= 0.3 is 0 Å². The number of fused-ring (bicyclic) bond motifs is 1. The molecule has 0 N–H and O–H groups in total. The lowest BCUT2D eigenvalue weighted by Gasteiger charge is -2.36. The Morgan fingerprint density at radius 3 is 2.81 bits per heavy atom. The second kappa shape index (κ2) is 6.89. The fourth-order valence-electron chi connectivity index (χ4n) is 3.37. The van der Waals surface area contributed by atoms with Crippen molar-refractivity contribution in [2.45, 2.75) is 18.9 Å². The van der Waals surface area contributed by atoms with Crippen LogP contribution in [0.15, 0.2) is 30.6 Å². The molecule has 1 aliphatic rings. The summed E-state index contributed by atoms with van der Waals surface area (Å²) < 4.78 is 2.77. The van der Waals surface area contributed by atoms with E-state index < -0.39 is 0 Å². The highest BCUT2D eigenvalue weighted by Crippen LogP contribution is 2.32. The predicted octanol–water partition coefficient (Wildman–Crippen LogP) is 3.42. The number of halogens is 1. The van der Waals surface area contributed by atoms with Crippen LogP contribution in [-0.2, 0) is 7.05 Å². The third kappa shape index (κ3) is 3.29. The molecule has 0 spiro atoms. The summed E-state index contributed by atoms with van der Waals surface area (Å²) in [6.07, 6.45) is 5.25. The zero-order valence-corrected chi connectivity index (χ0v) is 16.3. The first-order valence-electron chi connectivity index (χ1n) is 8.58. The van der Waals surface area contributed by atoms with Crippen LogP contribution in [0.5, 0.6) is 0 Å². The molecule has 26 heavy (non-hydrogen) atoms. The smallest absolute Gasteiger partial charge is 0.257 e. The standard InChI is InChI=1S/C18H20ClN5OS/c1-22-11-12(10-20-22)17(25)23(2)14-5-7-24(8-6-14)18-21-15-4-3-13(19)9-16(15)26-18/h3-4,9-11,14H,5-8H2,1-2H3. The zero-order valence-electron chi connectivity index (χ0n) is 14.7. The van der Waals surface area contributed by atoms with Gasteiger partial charge in [-0.3, -0.25) is 9.48 Å². The number of aromatic nitrogens is 3. The van der Waals surface area contributed by atoms with Gasteiger partial charge in [0.25, 0.3) is 5.91 Å². The number of thiazole rings is 1. The molecule has 1 aliphatic heterocycles. The van der Waals surface area contributed by atoms with Gasteiger partial charge in [-0.1, -0.05) is 22.9 Å². The van der Waals surface area contributed by atoms with Gasteiger partial charge in [0.2, 0.25) is 0 Å². The van der Waals surface area contributed by atoms with Crippen molar-refractivity contribution in [2.24, 2.45) is 7.05 Å². The summed E-state index contributed by atoms with van der Waals surface area (Å²) in [7, 11) is 3.70.